The van der Waals surface area contributed by atoms with Gasteiger partial charge in [0.1, 0.15) is 5.82 Å². The third kappa shape index (κ3) is 3.11. The van der Waals surface area contributed by atoms with E-state index in [0.717, 1.165) is 15.7 Å². The summed E-state index contributed by atoms with van der Waals surface area (Å²) in [6.07, 6.45) is -3.74. The number of rotatable bonds is 4. The minimum Gasteiger partial charge on any atom is -0.268 e. The lowest BCUT2D eigenvalue weighted by molar-refractivity contribution is -0.143. The highest BCUT2D eigenvalue weighted by molar-refractivity contribution is 5.62. The molecule has 0 fully saturated rings. The second kappa shape index (κ2) is 6.94. The Kier molecular flexibility index (Phi) is 4.85. The molecule has 3 rings (SSSR count). The topological polar surface area (TPSA) is 17.8 Å². The SMILES string of the molecule is CCc1cccc(CC)c1-n1c(-c2ccccc2)nc(C(F)(F)F)c1F. The van der Waals surface area contributed by atoms with Gasteiger partial charge in [0.15, 0.2) is 0 Å². The Hall–Kier alpha value is -2.63. The van der Waals surface area contributed by atoms with Gasteiger partial charge in [-0.05, 0) is 24.0 Å². The molecule has 0 saturated carbocycles. The Morgan fingerprint density at radius 3 is 1.96 bits per heavy atom. The van der Waals surface area contributed by atoms with Crippen molar-refractivity contribution in [1.82, 2.24) is 9.55 Å². The highest BCUT2D eigenvalue weighted by Gasteiger charge is 2.40. The molecule has 0 amide bonds. The highest BCUT2D eigenvalue weighted by Crippen LogP contribution is 2.37. The van der Waals surface area contributed by atoms with Crippen molar-refractivity contribution in [3.63, 3.8) is 0 Å². The Balaban J connectivity index is 2.40. The number of aryl methyl sites for hydroxylation is 2. The number of para-hydroxylation sites is 1. The first kappa shape index (κ1) is 18.2. The van der Waals surface area contributed by atoms with Gasteiger partial charge in [-0.15, -0.1) is 0 Å². The van der Waals surface area contributed by atoms with Crippen LogP contribution >= 0.6 is 0 Å². The molecule has 1 heterocycles. The summed E-state index contributed by atoms with van der Waals surface area (Å²) >= 11 is 0. The number of benzene rings is 2. The van der Waals surface area contributed by atoms with Gasteiger partial charge in [-0.2, -0.15) is 17.6 Å². The maximum absolute atomic E-state index is 15.0. The first-order valence-electron chi connectivity index (χ1n) is 8.40. The van der Waals surface area contributed by atoms with Crippen molar-refractivity contribution >= 4 is 0 Å². The lowest BCUT2D eigenvalue weighted by atomic mass is 10.0. The summed E-state index contributed by atoms with van der Waals surface area (Å²) in [6.45, 7) is 3.78. The molecule has 0 aliphatic carbocycles. The van der Waals surface area contributed by atoms with Crippen LogP contribution in [0.2, 0.25) is 0 Å². The Morgan fingerprint density at radius 2 is 1.46 bits per heavy atom. The summed E-state index contributed by atoms with van der Waals surface area (Å²) in [4.78, 5) is 3.64. The molecule has 0 atom stereocenters. The van der Waals surface area contributed by atoms with Crippen LogP contribution < -0.4 is 0 Å². The Morgan fingerprint density at radius 1 is 0.885 bits per heavy atom. The van der Waals surface area contributed by atoms with Crippen LogP contribution in [-0.2, 0) is 19.0 Å². The lowest BCUT2D eigenvalue weighted by Gasteiger charge is -2.17. The van der Waals surface area contributed by atoms with Crippen LogP contribution in [0.15, 0.2) is 48.5 Å². The van der Waals surface area contributed by atoms with Gasteiger partial charge in [-0.3, -0.25) is 4.57 Å². The van der Waals surface area contributed by atoms with E-state index >= 15 is 0 Å². The smallest absolute Gasteiger partial charge is 0.268 e. The standard InChI is InChI=1S/C20H18F4N2/c1-3-13-11-8-12-14(4-2)16(13)26-18(21)17(20(22,23)24)25-19(26)15-9-6-5-7-10-15/h5-12H,3-4H2,1-2H3. The van der Waals surface area contributed by atoms with Crippen molar-refractivity contribution in [2.24, 2.45) is 0 Å². The van der Waals surface area contributed by atoms with Crippen LogP contribution in [0.5, 0.6) is 0 Å². The predicted octanol–water partition coefficient (Wildman–Crippen LogP) is 5.82. The van der Waals surface area contributed by atoms with Crippen molar-refractivity contribution in [3.05, 3.63) is 71.3 Å². The molecule has 6 heteroatoms. The third-order valence-corrected chi connectivity index (χ3v) is 4.31. The molecule has 0 spiro atoms. The van der Waals surface area contributed by atoms with Gasteiger partial charge >= 0.3 is 6.18 Å². The zero-order valence-electron chi connectivity index (χ0n) is 14.4. The number of aromatic nitrogens is 2. The number of hydrogen-bond donors (Lipinski definition) is 0. The summed E-state index contributed by atoms with van der Waals surface area (Å²) in [5.41, 5.74) is 0.911. The molecule has 0 bridgehead atoms. The zero-order chi connectivity index (χ0) is 18.9. The highest BCUT2D eigenvalue weighted by atomic mass is 19.4. The second-order valence-corrected chi connectivity index (χ2v) is 5.91. The van der Waals surface area contributed by atoms with Gasteiger partial charge in [0.05, 0.1) is 5.69 Å². The second-order valence-electron chi connectivity index (χ2n) is 5.91. The largest absolute Gasteiger partial charge is 0.437 e. The minimum atomic E-state index is -4.87. The zero-order valence-corrected chi connectivity index (χ0v) is 14.4. The van der Waals surface area contributed by atoms with Gasteiger partial charge in [0, 0.05) is 5.56 Å². The fourth-order valence-electron chi connectivity index (χ4n) is 3.07. The van der Waals surface area contributed by atoms with Crippen LogP contribution in [0.3, 0.4) is 0 Å². The van der Waals surface area contributed by atoms with E-state index in [0.29, 0.717) is 24.1 Å². The van der Waals surface area contributed by atoms with Crippen LogP contribution in [0.25, 0.3) is 17.1 Å². The molecule has 136 valence electrons. The normalized spacial score (nSPS) is 11.8. The first-order chi connectivity index (χ1) is 12.4. The molecule has 3 aromatic rings. The summed E-state index contributed by atoms with van der Waals surface area (Å²) < 4.78 is 56.0. The van der Waals surface area contributed by atoms with Crippen molar-refractivity contribution in [1.29, 1.82) is 0 Å². The average molecular weight is 362 g/mol. The van der Waals surface area contributed by atoms with Crippen LogP contribution in [0.1, 0.15) is 30.7 Å². The molecule has 1 aromatic heterocycles. The Labute approximate surface area is 149 Å². The van der Waals surface area contributed by atoms with Gasteiger partial charge in [-0.1, -0.05) is 62.4 Å². The van der Waals surface area contributed by atoms with Crippen molar-refractivity contribution in [2.75, 3.05) is 0 Å². The molecule has 26 heavy (non-hydrogen) atoms. The molecule has 0 saturated heterocycles. The number of hydrogen-bond acceptors (Lipinski definition) is 1. The molecule has 0 aliphatic heterocycles. The van der Waals surface area contributed by atoms with Crippen molar-refractivity contribution in [2.45, 2.75) is 32.9 Å². The van der Waals surface area contributed by atoms with E-state index in [4.69, 9.17) is 0 Å². The van der Waals surface area contributed by atoms with Gasteiger partial charge in [-0.25, -0.2) is 4.98 Å². The Bertz CT molecular complexity index is 889. The maximum atomic E-state index is 15.0. The van der Waals surface area contributed by atoms with Crippen molar-refractivity contribution in [3.8, 4) is 17.1 Å². The van der Waals surface area contributed by atoms with E-state index in [1.807, 2.05) is 19.9 Å². The maximum Gasteiger partial charge on any atom is 0.437 e. The fraction of sp³-hybridized carbons (Fsp3) is 0.250. The molecular weight excluding hydrogens is 344 g/mol. The number of imidazole rings is 1. The fourth-order valence-corrected chi connectivity index (χ4v) is 3.07. The van der Waals surface area contributed by atoms with Gasteiger partial charge in [0.25, 0.3) is 0 Å². The number of nitrogens with zero attached hydrogens (tertiary/aromatic N) is 2. The van der Waals surface area contributed by atoms with Crippen molar-refractivity contribution < 1.29 is 17.6 Å². The molecule has 0 radical (unpaired) electrons. The summed E-state index contributed by atoms with van der Waals surface area (Å²) in [6, 6.07) is 13.8. The summed E-state index contributed by atoms with van der Waals surface area (Å²) in [7, 11) is 0. The van der Waals surface area contributed by atoms with E-state index in [1.54, 1.807) is 42.5 Å². The molecule has 2 aromatic carbocycles. The summed E-state index contributed by atoms with van der Waals surface area (Å²) in [5, 5.41) is 0. The molecule has 0 unspecified atom stereocenters. The minimum absolute atomic E-state index is 0.0500. The van der Waals surface area contributed by atoms with E-state index in [2.05, 4.69) is 4.98 Å². The molecule has 0 aliphatic rings. The van der Waals surface area contributed by atoms with E-state index < -0.39 is 17.8 Å². The third-order valence-electron chi connectivity index (χ3n) is 4.31. The van der Waals surface area contributed by atoms with Crippen LogP contribution in [0.4, 0.5) is 17.6 Å². The van der Waals surface area contributed by atoms with Gasteiger partial charge < -0.3 is 0 Å². The van der Waals surface area contributed by atoms with E-state index in [-0.39, 0.29) is 5.82 Å². The molecule has 0 N–H and O–H groups in total. The summed E-state index contributed by atoms with van der Waals surface area (Å²) in [5.74, 6) is -1.43. The first-order valence-corrected chi connectivity index (χ1v) is 8.40. The molecule has 2 nitrogen and oxygen atoms in total. The lowest BCUT2D eigenvalue weighted by Crippen LogP contribution is -2.11. The van der Waals surface area contributed by atoms with Crippen LogP contribution in [-0.4, -0.2) is 9.55 Å². The average Bonchev–Trinajstić information content (AvgIpc) is 2.98. The van der Waals surface area contributed by atoms with E-state index in [1.165, 1.54) is 0 Å². The number of alkyl halides is 3. The number of halogens is 4. The predicted molar refractivity (Wildman–Crippen MR) is 92.7 cm³/mol. The van der Waals surface area contributed by atoms with Crippen LogP contribution in [0, 0.1) is 5.95 Å². The molecular formula is C20H18F4N2. The van der Waals surface area contributed by atoms with Gasteiger partial charge in [0.2, 0.25) is 11.6 Å². The van der Waals surface area contributed by atoms with E-state index in [9.17, 15) is 17.6 Å². The quantitative estimate of drug-likeness (QED) is 0.535. The monoisotopic (exact) mass is 362 g/mol.